The Bertz CT molecular complexity index is 185. The van der Waals surface area contributed by atoms with E-state index >= 15 is 0 Å². The molecule has 3 atom stereocenters. The first kappa shape index (κ1) is 16.0. The molecule has 0 saturated carbocycles. The normalized spacial score (nSPS) is 19.1. The van der Waals surface area contributed by atoms with Crippen molar-refractivity contribution in [3.8, 4) is 0 Å². The Hall–Kier alpha value is 0.0169. The van der Waals surface area contributed by atoms with Crippen LogP contribution in [0.2, 0.25) is 6.55 Å². The van der Waals surface area contributed by atoms with Crippen LogP contribution in [0, 0.1) is 0 Å². The highest BCUT2D eigenvalue weighted by atomic mass is 28.4. The van der Waals surface area contributed by atoms with E-state index in [0.717, 1.165) is 13.0 Å². The predicted octanol–water partition coefficient (Wildman–Crippen LogP) is 1.02. The van der Waals surface area contributed by atoms with E-state index in [9.17, 15) is 0 Å². The molecule has 0 aromatic rings. The van der Waals surface area contributed by atoms with E-state index in [1.54, 1.807) is 7.11 Å². The third-order valence-electron chi connectivity index (χ3n) is 2.74. The lowest BCUT2D eigenvalue weighted by atomic mass is 10.4. The first-order valence-electron chi connectivity index (χ1n) is 5.86. The first-order chi connectivity index (χ1) is 7.53. The highest BCUT2D eigenvalue weighted by molar-refractivity contribution is 6.67. The molecular weight excluding hydrogens is 224 g/mol. The van der Waals surface area contributed by atoms with Gasteiger partial charge in [-0.2, -0.15) is 0 Å². The Kier molecular flexibility index (Phi) is 8.17. The van der Waals surface area contributed by atoms with Crippen LogP contribution in [0.5, 0.6) is 0 Å². The average molecular weight is 250 g/mol. The van der Waals surface area contributed by atoms with Crippen molar-refractivity contribution in [3.63, 3.8) is 0 Å². The molecule has 16 heavy (non-hydrogen) atoms. The van der Waals surface area contributed by atoms with Gasteiger partial charge in [0.1, 0.15) is 0 Å². The van der Waals surface area contributed by atoms with E-state index in [1.807, 2.05) is 13.5 Å². The van der Waals surface area contributed by atoms with Crippen molar-refractivity contribution in [3.05, 3.63) is 0 Å². The summed E-state index contributed by atoms with van der Waals surface area (Å²) >= 11 is 0. The fourth-order valence-corrected chi connectivity index (χ4v) is 4.08. The van der Waals surface area contributed by atoms with Crippen molar-refractivity contribution in [1.82, 2.24) is 10.8 Å². The highest BCUT2D eigenvalue weighted by Crippen LogP contribution is 2.14. The molecule has 5 nitrogen and oxygen atoms in total. The van der Waals surface area contributed by atoms with Crippen molar-refractivity contribution >= 4 is 8.56 Å². The molecule has 0 aromatic heterocycles. The molecule has 0 amide bonds. The standard InChI is InChI=1S/C10H26N2O3Si/c1-6-10(11-7-2)16(5,14-4)15-8-9(3)12-13/h9-13H,6-8H2,1-5H3. The molecule has 0 aliphatic heterocycles. The summed E-state index contributed by atoms with van der Waals surface area (Å²) in [5.74, 6) is 0. The Morgan fingerprint density at radius 3 is 2.38 bits per heavy atom. The molecule has 0 spiro atoms. The number of hydroxylamine groups is 1. The molecule has 98 valence electrons. The maximum absolute atomic E-state index is 8.73. The minimum absolute atomic E-state index is 0.0823. The molecule has 0 rings (SSSR count). The maximum atomic E-state index is 8.73. The van der Waals surface area contributed by atoms with Gasteiger partial charge in [0.2, 0.25) is 0 Å². The van der Waals surface area contributed by atoms with Crippen LogP contribution >= 0.6 is 0 Å². The molecule has 0 aromatic carbocycles. The van der Waals surface area contributed by atoms with Crippen molar-refractivity contribution in [1.29, 1.82) is 0 Å². The minimum atomic E-state index is -2.22. The Morgan fingerprint density at radius 2 is 2.00 bits per heavy atom. The zero-order valence-corrected chi connectivity index (χ0v) is 12.0. The zero-order valence-electron chi connectivity index (χ0n) is 11.0. The van der Waals surface area contributed by atoms with Crippen LogP contribution in [0.4, 0.5) is 0 Å². The number of rotatable bonds is 9. The summed E-state index contributed by atoms with van der Waals surface area (Å²) < 4.78 is 11.5. The quantitative estimate of drug-likeness (QED) is 0.421. The smallest absolute Gasteiger partial charge is 0.352 e. The number of hydrogen-bond acceptors (Lipinski definition) is 5. The molecule has 0 heterocycles. The molecular formula is C10H26N2O3Si. The van der Waals surface area contributed by atoms with E-state index in [4.69, 9.17) is 14.1 Å². The van der Waals surface area contributed by atoms with Crippen LogP contribution in [0.15, 0.2) is 0 Å². The summed E-state index contributed by atoms with van der Waals surface area (Å²) in [6.45, 7) is 9.46. The Balaban J connectivity index is 4.36. The van der Waals surface area contributed by atoms with Gasteiger partial charge in [0.25, 0.3) is 0 Å². The molecule has 6 heteroatoms. The van der Waals surface area contributed by atoms with Crippen LogP contribution in [0.25, 0.3) is 0 Å². The monoisotopic (exact) mass is 250 g/mol. The van der Waals surface area contributed by atoms with E-state index in [2.05, 4.69) is 24.6 Å². The van der Waals surface area contributed by atoms with E-state index < -0.39 is 8.56 Å². The first-order valence-corrected chi connectivity index (χ1v) is 8.25. The van der Waals surface area contributed by atoms with Crippen LogP contribution in [-0.2, 0) is 8.85 Å². The summed E-state index contributed by atoms with van der Waals surface area (Å²) in [4.78, 5) is 0. The van der Waals surface area contributed by atoms with Crippen LogP contribution < -0.4 is 10.8 Å². The van der Waals surface area contributed by atoms with Gasteiger partial charge in [0.15, 0.2) is 0 Å². The maximum Gasteiger partial charge on any atom is 0.352 e. The van der Waals surface area contributed by atoms with Gasteiger partial charge in [-0.05, 0) is 26.4 Å². The highest BCUT2D eigenvalue weighted by Gasteiger charge is 2.39. The predicted molar refractivity (Wildman–Crippen MR) is 66.7 cm³/mol. The lowest BCUT2D eigenvalue weighted by Gasteiger charge is -2.33. The summed E-state index contributed by atoms with van der Waals surface area (Å²) in [6.07, 6.45) is 0.978. The minimum Gasteiger partial charge on any atom is -0.397 e. The van der Waals surface area contributed by atoms with Crippen molar-refractivity contribution in [2.24, 2.45) is 0 Å². The van der Waals surface area contributed by atoms with Gasteiger partial charge in [0, 0.05) is 7.11 Å². The Morgan fingerprint density at radius 1 is 1.38 bits per heavy atom. The number of nitrogens with one attached hydrogen (secondary N) is 2. The van der Waals surface area contributed by atoms with E-state index in [-0.39, 0.29) is 11.7 Å². The number of hydrogen-bond donors (Lipinski definition) is 3. The summed E-state index contributed by atoms with van der Waals surface area (Å²) in [6, 6.07) is -0.0823. The largest absolute Gasteiger partial charge is 0.397 e. The molecule has 0 saturated heterocycles. The zero-order chi connectivity index (χ0) is 12.6. The second-order valence-corrected chi connectivity index (χ2v) is 7.51. The van der Waals surface area contributed by atoms with Crippen molar-refractivity contribution in [2.45, 2.75) is 45.4 Å². The van der Waals surface area contributed by atoms with Gasteiger partial charge in [-0.25, -0.2) is 5.48 Å². The van der Waals surface area contributed by atoms with E-state index in [1.165, 1.54) is 0 Å². The fourth-order valence-electron chi connectivity index (χ4n) is 1.58. The van der Waals surface area contributed by atoms with Crippen LogP contribution in [-0.4, -0.2) is 45.7 Å². The van der Waals surface area contributed by atoms with Gasteiger partial charge in [-0.1, -0.05) is 13.8 Å². The third kappa shape index (κ3) is 4.90. The van der Waals surface area contributed by atoms with E-state index in [0.29, 0.717) is 6.61 Å². The Labute approximate surface area is 99.7 Å². The lowest BCUT2D eigenvalue weighted by molar-refractivity contribution is 0.0881. The van der Waals surface area contributed by atoms with Gasteiger partial charge in [-0.15, -0.1) is 0 Å². The molecule has 0 radical (unpaired) electrons. The average Bonchev–Trinajstić information content (AvgIpc) is 2.32. The summed E-state index contributed by atoms with van der Waals surface area (Å²) in [5, 5.41) is 12.1. The van der Waals surface area contributed by atoms with Crippen molar-refractivity contribution in [2.75, 3.05) is 20.3 Å². The summed E-state index contributed by atoms with van der Waals surface area (Å²) in [7, 11) is -0.517. The second-order valence-electron chi connectivity index (χ2n) is 4.08. The van der Waals surface area contributed by atoms with Gasteiger partial charge < -0.3 is 19.4 Å². The second kappa shape index (κ2) is 8.16. The molecule has 0 aliphatic carbocycles. The SMILES string of the molecule is CCNC(CC)[Si](C)(OC)OCC(C)NO. The van der Waals surface area contributed by atoms with Crippen LogP contribution in [0.3, 0.4) is 0 Å². The molecule has 0 aliphatic rings. The molecule has 0 fully saturated rings. The topological polar surface area (TPSA) is 62.8 Å². The lowest BCUT2D eigenvalue weighted by Crippen LogP contribution is -2.57. The van der Waals surface area contributed by atoms with Crippen molar-refractivity contribution < 1.29 is 14.1 Å². The molecule has 3 N–H and O–H groups in total. The fraction of sp³-hybridized carbons (Fsp3) is 1.00. The van der Waals surface area contributed by atoms with Crippen LogP contribution in [0.1, 0.15) is 27.2 Å². The molecule has 3 unspecified atom stereocenters. The van der Waals surface area contributed by atoms with Gasteiger partial charge in [-0.3, -0.25) is 0 Å². The van der Waals surface area contributed by atoms with Gasteiger partial charge >= 0.3 is 8.56 Å². The summed E-state index contributed by atoms with van der Waals surface area (Å²) in [5.41, 5.74) is 2.44. The van der Waals surface area contributed by atoms with Gasteiger partial charge in [0.05, 0.1) is 18.3 Å². The molecule has 0 bridgehead atoms. The third-order valence-corrected chi connectivity index (χ3v) is 6.17.